The van der Waals surface area contributed by atoms with Gasteiger partial charge in [0.05, 0.1) is 10.9 Å². The SMILES string of the molecule is CCC(C)CN(CC)S(=O)(=O)c1ccc(Cl)c(CCl)c1Cl. The molecule has 120 valence electrons. The highest BCUT2D eigenvalue weighted by Gasteiger charge is 2.28. The lowest BCUT2D eigenvalue weighted by Crippen LogP contribution is -2.34. The van der Waals surface area contributed by atoms with Crippen LogP contribution in [0.2, 0.25) is 10.0 Å². The van der Waals surface area contributed by atoms with Crippen LogP contribution in [0, 0.1) is 5.92 Å². The fraction of sp³-hybridized carbons (Fsp3) is 0.571. The summed E-state index contributed by atoms with van der Waals surface area (Å²) in [5.74, 6) is 0.344. The van der Waals surface area contributed by atoms with Crippen LogP contribution in [0.1, 0.15) is 32.8 Å². The van der Waals surface area contributed by atoms with Crippen LogP contribution in [0.3, 0.4) is 0 Å². The van der Waals surface area contributed by atoms with E-state index in [1.807, 2.05) is 20.8 Å². The molecular formula is C14H20Cl3NO2S. The van der Waals surface area contributed by atoms with Crippen molar-refractivity contribution in [2.24, 2.45) is 5.92 Å². The molecule has 0 aliphatic carbocycles. The summed E-state index contributed by atoms with van der Waals surface area (Å²) in [5.41, 5.74) is 0.445. The Bertz CT molecular complexity index is 590. The first kappa shape index (κ1) is 19.0. The van der Waals surface area contributed by atoms with Crippen LogP contribution in [-0.2, 0) is 15.9 Å². The van der Waals surface area contributed by atoms with E-state index in [-0.39, 0.29) is 21.7 Å². The molecule has 0 fully saturated rings. The van der Waals surface area contributed by atoms with Gasteiger partial charge in [0.1, 0.15) is 4.90 Å². The van der Waals surface area contributed by atoms with Crippen molar-refractivity contribution >= 4 is 44.8 Å². The van der Waals surface area contributed by atoms with E-state index in [2.05, 4.69) is 0 Å². The van der Waals surface area contributed by atoms with Crippen LogP contribution in [0.4, 0.5) is 0 Å². The minimum Gasteiger partial charge on any atom is -0.207 e. The maximum Gasteiger partial charge on any atom is 0.244 e. The predicted molar refractivity (Wildman–Crippen MR) is 89.9 cm³/mol. The largest absolute Gasteiger partial charge is 0.244 e. The molecule has 0 saturated carbocycles. The Labute approximate surface area is 142 Å². The van der Waals surface area contributed by atoms with Gasteiger partial charge in [-0.2, -0.15) is 4.31 Å². The van der Waals surface area contributed by atoms with E-state index in [4.69, 9.17) is 34.8 Å². The predicted octanol–water partition coefficient (Wildman–Crippen LogP) is 4.79. The van der Waals surface area contributed by atoms with Crippen molar-refractivity contribution < 1.29 is 8.42 Å². The fourth-order valence-corrected chi connectivity index (χ4v) is 4.78. The quantitative estimate of drug-likeness (QED) is 0.645. The van der Waals surface area contributed by atoms with Crippen molar-refractivity contribution in [2.45, 2.75) is 38.0 Å². The van der Waals surface area contributed by atoms with Crippen LogP contribution in [0.15, 0.2) is 17.0 Å². The van der Waals surface area contributed by atoms with Gasteiger partial charge in [-0.25, -0.2) is 8.42 Å². The molecule has 0 spiro atoms. The summed E-state index contributed by atoms with van der Waals surface area (Å²) in [6.07, 6.45) is 0.910. The van der Waals surface area contributed by atoms with Crippen LogP contribution >= 0.6 is 34.8 Å². The average molecular weight is 373 g/mol. The number of hydrogen-bond acceptors (Lipinski definition) is 2. The third-order valence-electron chi connectivity index (χ3n) is 3.47. The van der Waals surface area contributed by atoms with Crippen molar-refractivity contribution in [2.75, 3.05) is 13.1 Å². The lowest BCUT2D eigenvalue weighted by Gasteiger charge is -2.24. The Kier molecular flexibility index (Phi) is 7.28. The molecular weight excluding hydrogens is 353 g/mol. The zero-order valence-corrected chi connectivity index (χ0v) is 15.5. The molecule has 1 aromatic rings. The van der Waals surface area contributed by atoms with Crippen molar-refractivity contribution in [3.8, 4) is 0 Å². The number of nitrogens with zero attached hydrogens (tertiary/aromatic N) is 1. The van der Waals surface area contributed by atoms with Gasteiger partial charge in [0.15, 0.2) is 0 Å². The van der Waals surface area contributed by atoms with Crippen LogP contribution in [0.5, 0.6) is 0 Å². The molecule has 0 saturated heterocycles. The molecule has 21 heavy (non-hydrogen) atoms. The van der Waals surface area contributed by atoms with Gasteiger partial charge in [-0.1, -0.05) is 50.4 Å². The molecule has 3 nitrogen and oxygen atoms in total. The molecule has 0 aromatic heterocycles. The Morgan fingerprint density at radius 3 is 2.33 bits per heavy atom. The summed E-state index contributed by atoms with van der Waals surface area (Å²) in [6.45, 7) is 6.72. The normalized spacial score (nSPS) is 13.7. The topological polar surface area (TPSA) is 37.4 Å². The molecule has 0 aliphatic rings. The number of benzene rings is 1. The minimum absolute atomic E-state index is 0.0642. The smallest absolute Gasteiger partial charge is 0.207 e. The Morgan fingerprint density at radius 2 is 1.86 bits per heavy atom. The molecule has 1 rings (SSSR count). The number of sulfonamides is 1. The third-order valence-corrected chi connectivity index (χ3v) is 6.62. The highest BCUT2D eigenvalue weighted by Crippen LogP contribution is 2.33. The maximum atomic E-state index is 12.8. The molecule has 0 aliphatic heterocycles. The molecule has 1 unspecified atom stereocenters. The zero-order valence-electron chi connectivity index (χ0n) is 12.4. The summed E-state index contributed by atoms with van der Waals surface area (Å²) in [5, 5.41) is 0.485. The number of alkyl halides is 1. The monoisotopic (exact) mass is 371 g/mol. The highest BCUT2D eigenvalue weighted by molar-refractivity contribution is 7.89. The summed E-state index contributed by atoms with van der Waals surface area (Å²) in [7, 11) is -3.65. The van der Waals surface area contributed by atoms with E-state index < -0.39 is 10.0 Å². The molecule has 0 heterocycles. The zero-order chi connectivity index (χ0) is 16.2. The minimum atomic E-state index is -3.65. The van der Waals surface area contributed by atoms with E-state index in [9.17, 15) is 8.42 Å². The molecule has 0 N–H and O–H groups in total. The molecule has 1 aromatic carbocycles. The van der Waals surface area contributed by atoms with E-state index in [1.165, 1.54) is 16.4 Å². The van der Waals surface area contributed by atoms with Crippen molar-refractivity contribution in [1.82, 2.24) is 4.31 Å². The van der Waals surface area contributed by atoms with E-state index in [0.717, 1.165) is 6.42 Å². The standard InChI is InChI=1S/C14H20Cl3NO2S/c1-4-10(3)9-18(5-2)21(19,20)13-7-6-12(16)11(8-15)14(13)17/h6-7,10H,4-5,8-9H2,1-3H3. The number of rotatable bonds is 7. The van der Waals surface area contributed by atoms with Gasteiger partial charge < -0.3 is 0 Å². The van der Waals surface area contributed by atoms with Crippen molar-refractivity contribution in [3.63, 3.8) is 0 Å². The molecule has 0 radical (unpaired) electrons. The lowest BCUT2D eigenvalue weighted by atomic mass is 10.1. The Morgan fingerprint density at radius 1 is 1.24 bits per heavy atom. The average Bonchev–Trinajstić information content (AvgIpc) is 2.44. The highest BCUT2D eigenvalue weighted by atomic mass is 35.5. The first-order valence-corrected chi connectivity index (χ1v) is 9.55. The third kappa shape index (κ3) is 4.26. The summed E-state index contributed by atoms with van der Waals surface area (Å²) < 4.78 is 27.0. The molecule has 7 heteroatoms. The number of hydrogen-bond donors (Lipinski definition) is 0. The fourth-order valence-electron chi connectivity index (χ4n) is 1.91. The second-order valence-corrected chi connectivity index (χ2v) is 7.90. The van der Waals surface area contributed by atoms with Crippen molar-refractivity contribution in [1.29, 1.82) is 0 Å². The second kappa shape index (κ2) is 8.02. The first-order valence-electron chi connectivity index (χ1n) is 6.82. The van der Waals surface area contributed by atoms with E-state index in [1.54, 1.807) is 0 Å². The lowest BCUT2D eigenvalue weighted by molar-refractivity contribution is 0.361. The Balaban J connectivity index is 3.29. The maximum absolute atomic E-state index is 12.8. The summed E-state index contributed by atoms with van der Waals surface area (Å²) in [4.78, 5) is 0.0642. The summed E-state index contributed by atoms with van der Waals surface area (Å²) >= 11 is 18.0. The van der Waals surface area contributed by atoms with Crippen LogP contribution < -0.4 is 0 Å². The van der Waals surface area contributed by atoms with E-state index >= 15 is 0 Å². The number of halogens is 3. The van der Waals surface area contributed by atoms with Crippen LogP contribution in [-0.4, -0.2) is 25.8 Å². The van der Waals surface area contributed by atoms with Gasteiger partial charge in [-0.05, 0) is 18.1 Å². The molecule has 1 atom stereocenters. The van der Waals surface area contributed by atoms with Gasteiger partial charge in [0, 0.05) is 23.7 Å². The van der Waals surface area contributed by atoms with Crippen molar-refractivity contribution in [3.05, 3.63) is 27.7 Å². The van der Waals surface area contributed by atoms with Crippen LogP contribution in [0.25, 0.3) is 0 Å². The van der Waals surface area contributed by atoms with Gasteiger partial charge >= 0.3 is 0 Å². The summed E-state index contributed by atoms with van der Waals surface area (Å²) in [6, 6.07) is 2.96. The molecule has 0 bridgehead atoms. The van der Waals surface area contributed by atoms with Gasteiger partial charge in [-0.15, -0.1) is 11.6 Å². The van der Waals surface area contributed by atoms with Gasteiger partial charge in [0.25, 0.3) is 0 Å². The van der Waals surface area contributed by atoms with E-state index in [0.29, 0.717) is 23.7 Å². The first-order chi connectivity index (χ1) is 9.79. The van der Waals surface area contributed by atoms with Gasteiger partial charge in [-0.3, -0.25) is 0 Å². The second-order valence-electron chi connectivity index (χ2n) is 4.94. The van der Waals surface area contributed by atoms with Gasteiger partial charge in [0.2, 0.25) is 10.0 Å². The Hall–Kier alpha value is -0.000000000000000167. The molecule has 0 amide bonds.